The summed E-state index contributed by atoms with van der Waals surface area (Å²) in [7, 11) is 0. The molecule has 2 rings (SSSR count). The summed E-state index contributed by atoms with van der Waals surface area (Å²) in [5.41, 5.74) is 1.58. The Hall–Kier alpha value is -2.69. The third-order valence-corrected chi connectivity index (χ3v) is 4.07. The number of nitrogens with one attached hydrogen (secondary N) is 1. The number of rotatable bonds is 9. The van der Waals surface area contributed by atoms with Crippen LogP contribution in [0.1, 0.15) is 41.7 Å². The Morgan fingerprint density at radius 1 is 0.960 bits per heavy atom. The fourth-order valence-electron chi connectivity index (χ4n) is 2.62. The molecule has 0 saturated heterocycles. The highest BCUT2D eigenvalue weighted by Crippen LogP contribution is 2.05. The molecule has 1 aromatic heterocycles. The molecule has 1 amide bonds. The molecule has 0 saturated carbocycles. The number of nitrogens with zero attached hydrogens (tertiary/aromatic N) is 1. The van der Waals surface area contributed by atoms with Crippen LogP contribution in [0, 0.1) is 6.92 Å². The highest BCUT2D eigenvalue weighted by atomic mass is 16.2. The lowest BCUT2D eigenvalue weighted by molar-refractivity contribution is -0.121. The van der Waals surface area contributed by atoms with Gasteiger partial charge in [-0.2, -0.15) is 0 Å². The van der Waals surface area contributed by atoms with Gasteiger partial charge < -0.3 is 9.88 Å². The minimum absolute atomic E-state index is 0.00320. The van der Waals surface area contributed by atoms with Crippen molar-refractivity contribution < 1.29 is 9.59 Å². The van der Waals surface area contributed by atoms with Gasteiger partial charge in [0.05, 0.1) is 0 Å². The van der Waals surface area contributed by atoms with E-state index in [1.807, 2.05) is 31.2 Å². The van der Waals surface area contributed by atoms with Crippen molar-refractivity contribution in [3.63, 3.8) is 0 Å². The predicted octanol–water partition coefficient (Wildman–Crippen LogP) is 2.72. The fourth-order valence-corrected chi connectivity index (χ4v) is 2.62. The van der Waals surface area contributed by atoms with Gasteiger partial charge in [0.25, 0.3) is 5.56 Å². The smallest absolute Gasteiger partial charge is 0.250 e. The molecule has 5 nitrogen and oxygen atoms in total. The predicted molar refractivity (Wildman–Crippen MR) is 97.7 cm³/mol. The van der Waals surface area contributed by atoms with Crippen molar-refractivity contribution in [2.75, 3.05) is 6.54 Å². The van der Waals surface area contributed by atoms with E-state index in [4.69, 9.17) is 0 Å². The first kappa shape index (κ1) is 18.6. The van der Waals surface area contributed by atoms with Gasteiger partial charge in [-0.3, -0.25) is 14.4 Å². The van der Waals surface area contributed by atoms with Crippen molar-refractivity contribution in [1.82, 2.24) is 9.88 Å². The summed E-state index contributed by atoms with van der Waals surface area (Å²) in [6.45, 7) is 3.11. The average Bonchev–Trinajstić information content (AvgIpc) is 2.62. The molecule has 0 atom stereocenters. The number of benzene rings is 1. The lowest BCUT2D eigenvalue weighted by Crippen LogP contribution is -2.26. The molecule has 1 aromatic carbocycles. The summed E-state index contributed by atoms with van der Waals surface area (Å²) in [4.78, 5) is 35.5. The highest BCUT2D eigenvalue weighted by molar-refractivity contribution is 5.97. The van der Waals surface area contributed by atoms with Gasteiger partial charge in [-0.15, -0.1) is 0 Å². The standard InChI is InChI=1S/C20H24N2O3/c1-16-8-7-11-20(25)22(16)15-6-5-14-21-19(24)13-12-18(23)17-9-3-2-4-10-17/h2-4,7-11H,5-6,12-15H2,1H3,(H,21,24). The molecule has 0 aliphatic carbocycles. The van der Waals surface area contributed by atoms with E-state index >= 15 is 0 Å². The lowest BCUT2D eigenvalue weighted by atomic mass is 10.1. The molecular formula is C20H24N2O3. The largest absolute Gasteiger partial charge is 0.356 e. The second-order valence-electron chi connectivity index (χ2n) is 6.00. The second kappa shape index (κ2) is 9.57. The van der Waals surface area contributed by atoms with E-state index in [0.29, 0.717) is 18.7 Å². The first-order chi connectivity index (χ1) is 12.1. The fraction of sp³-hybridized carbons (Fsp3) is 0.350. The number of carbonyl (C=O) groups excluding carboxylic acids is 2. The number of aryl methyl sites for hydroxylation is 1. The van der Waals surface area contributed by atoms with Gasteiger partial charge >= 0.3 is 0 Å². The zero-order valence-corrected chi connectivity index (χ0v) is 14.5. The first-order valence-electron chi connectivity index (χ1n) is 8.59. The van der Waals surface area contributed by atoms with Crippen LogP contribution in [0.25, 0.3) is 0 Å². The Kier molecular flexibility index (Phi) is 7.14. The third kappa shape index (κ3) is 6.03. The third-order valence-electron chi connectivity index (χ3n) is 4.07. The molecule has 0 aliphatic heterocycles. The number of amides is 1. The summed E-state index contributed by atoms with van der Waals surface area (Å²) >= 11 is 0. The van der Waals surface area contributed by atoms with Gasteiger partial charge in [0.15, 0.2) is 5.78 Å². The van der Waals surface area contributed by atoms with E-state index in [1.165, 1.54) is 0 Å². The summed E-state index contributed by atoms with van der Waals surface area (Å²) in [5.74, 6) is -0.132. The summed E-state index contributed by atoms with van der Waals surface area (Å²) in [6.07, 6.45) is 2.02. The van der Waals surface area contributed by atoms with Gasteiger partial charge in [0.2, 0.25) is 5.91 Å². The van der Waals surface area contributed by atoms with E-state index in [0.717, 1.165) is 18.5 Å². The molecule has 25 heavy (non-hydrogen) atoms. The molecule has 0 aliphatic rings. The quantitative estimate of drug-likeness (QED) is 0.564. The molecule has 0 unspecified atom stereocenters. The van der Waals surface area contributed by atoms with E-state index in [2.05, 4.69) is 5.32 Å². The van der Waals surface area contributed by atoms with Crippen LogP contribution in [0.2, 0.25) is 0 Å². The maximum absolute atomic E-state index is 11.9. The molecule has 5 heteroatoms. The van der Waals surface area contributed by atoms with Crippen LogP contribution in [0.4, 0.5) is 0 Å². The Morgan fingerprint density at radius 3 is 2.44 bits per heavy atom. The van der Waals surface area contributed by atoms with Gasteiger partial charge in [-0.25, -0.2) is 0 Å². The van der Waals surface area contributed by atoms with Gasteiger partial charge in [0.1, 0.15) is 0 Å². The van der Waals surface area contributed by atoms with Crippen LogP contribution >= 0.6 is 0 Å². The van der Waals surface area contributed by atoms with Crippen LogP contribution in [0.5, 0.6) is 0 Å². The maximum atomic E-state index is 11.9. The first-order valence-corrected chi connectivity index (χ1v) is 8.59. The summed E-state index contributed by atoms with van der Waals surface area (Å²) in [5, 5.41) is 2.83. The number of carbonyl (C=O) groups is 2. The van der Waals surface area contributed by atoms with Crippen LogP contribution in [0.15, 0.2) is 53.3 Å². The zero-order chi connectivity index (χ0) is 18.1. The number of pyridine rings is 1. The Labute approximate surface area is 147 Å². The van der Waals surface area contributed by atoms with Crippen LogP contribution < -0.4 is 10.9 Å². The molecule has 1 heterocycles. The Balaban J connectivity index is 1.63. The lowest BCUT2D eigenvalue weighted by Gasteiger charge is -2.09. The van der Waals surface area contributed by atoms with E-state index in [9.17, 15) is 14.4 Å². The number of ketones is 1. The molecule has 2 aromatic rings. The number of hydrogen-bond donors (Lipinski definition) is 1. The van der Waals surface area contributed by atoms with E-state index < -0.39 is 0 Å². The average molecular weight is 340 g/mol. The topological polar surface area (TPSA) is 68.2 Å². The van der Waals surface area contributed by atoms with Gasteiger partial charge in [0, 0.05) is 43.3 Å². The molecule has 0 spiro atoms. The molecule has 1 N–H and O–H groups in total. The van der Waals surface area contributed by atoms with Crippen LogP contribution in [-0.2, 0) is 11.3 Å². The SMILES string of the molecule is Cc1cccc(=O)n1CCCCNC(=O)CCC(=O)c1ccccc1. The van der Waals surface area contributed by atoms with Gasteiger partial charge in [-0.1, -0.05) is 36.4 Å². The molecule has 0 bridgehead atoms. The Bertz CT molecular complexity index is 766. The molecule has 132 valence electrons. The number of unbranched alkanes of at least 4 members (excludes halogenated alkanes) is 1. The summed E-state index contributed by atoms with van der Waals surface area (Å²) < 4.78 is 1.74. The monoisotopic (exact) mass is 340 g/mol. The minimum Gasteiger partial charge on any atom is -0.356 e. The minimum atomic E-state index is -0.114. The van der Waals surface area contributed by atoms with Crippen molar-refractivity contribution in [3.05, 3.63) is 70.1 Å². The highest BCUT2D eigenvalue weighted by Gasteiger charge is 2.08. The second-order valence-corrected chi connectivity index (χ2v) is 6.00. The van der Waals surface area contributed by atoms with Crippen molar-refractivity contribution in [1.29, 1.82) is 0 Å². The maximum Gasteiger partial charge on any atom is 0.250 e. The Morgan fingerprint density at radius 2 is 1.72 bits per heavy atom. The summed E-state index contributed by atoms with van der Waals surface area (Å²) in [6, 6.07) is 14.2. The number of Topliss-reactive ketones (excluding diaryl/α,β-unsaturated/α-hetero) is 1. The molecule has 0 radical (unpaired) electrons. The van der Waals surface area contributed by atoms with E-state index in [1.54, 1.807) is 28.8 Å². The van der Waals surface area contributed by atoms with Crippen molar-refractivity contribution in [2.45, 2.75) is 39.2 Å². The van der Waals surface area contributed by atoms with Crippen molar-refractivity contribution >= 4 is 11.7 Å². The van der Waals surface area contributed by atoms with Crippen LogP contribution in [0.3, 0.4) is 0 Å². The number of hydrogen-bond acceptors (Lipinski definition) is 3. The van der Waals surface area contributed by atoms with Crippen molar-refractivity contribution in [3.8, 4) is 0 Å². The van der Waals surface area contributed by atoms with Gasteiger partial charge in [-0.05, 0) is 25.8 Å². The van der Waals surface area contributed by atoms with Crippen molar-refractivity contribution in [2.24, 2.45) is 0 Å². The van der Waals surface area contributed by atoms with Crippen LogP contribution in [-0.4, -0.2) is 22.8 Å². The zero-order valence-electron chi connectivity index (χ0n) is 14.5. The molecule has 0 fully saturated rings. The molecular weight excluding hydrogens is 316 g/mol. The number of aromatic nitrogens is 1. The normalized spacial score (nSPS) is 10.4. The van der Waals surface area contributed by atoms with E-state index in [-0.39, 0.29) is 30.1 Å².